The van der Waals surface area contributed by atoms with Crippen LogP contribution in [0.25, 0.3) is 46.1 Å². The second-order valence-corrected chi connectivity index (χ2v) is 31.9. The molecule has 0 unspecified atom stereocenters. The molecule has 0 spiro atoms. The minimum Gasteiger partial charge on any atom is -0.399 e. The summed E-state index contributed by atoms with van der Waals surface area (Å²) in [5.74, 6) is -0.140. The van der Waals surface area contributed by atoms with E-state index >= 15 is 0 Å². The van der Waals surface area contributed by atoms with E-state index in [-0.39, 0.29) is 5.91 Å². The molecule has 0 aliphatic heterocycles. The zero-order valence-corrected chi connectivity index (χ0v) is 45.4. The van der Waals surface area contributed by atoms with Crippen LogP contribution in [0.4, 0.5) is 34.1 Å². The maximum atomic E-state index is 12.6. The van der Waals surface area contributed by atoms with Crippen molar-refractivity contribution in [1.82, 2.24) is 19.6 Å². The number of benzene rings is 7. The number of hydrogen-bond acceptors (Lipinski definition) is 8. The number of amides is 1. The van der Waals surface area contributed by atoms with Gasteiger partial charge >= 0.3 is 0 Å². The van der Waals surface area contributed by atoms with Gasteiger partial charge in [-0.2, -0.15) is 10.2 Å². The van der Waals surface area contributed by atoms with Gasteiger partial charge in [0.1, 0.15) is 13.5 Å². The first-order chi connectivity index (χ1) is 35.7. The van der Waals surface area contributed by atoms with Crippen molar-refractivity contribution >= 4 is 102 Å². The Labute approximate surface area is 437 Å². The van der Waals surface area contributed by atoms with Crippen molar-refractivity contribution in [2.75, 3.05) is 34.9 Å². The van der Waals surface area contributed by atoms with Crippen LogP contribution in [-0.2, 0) is 22.9 Å². The van der Waals surface area contributed by atoms with Crippen molar-refractivity contribution < 1.29 is 14.3 Å². The van der Waals surface area contributed by atoms with Crippen LogP contribution in [0.3, 0.4) is 0 Å². The summed E-state index contributed by atoms with van der Waals surface area (Å²) in [4.78, 5) is 12.6. The molecular weight excluding hydrogens is 949 g/mol. The van der Waals surface area contributed by atoms with E-state index in [0.29, 0.717) is 19.0 Å². The van der Waals surface area contributed by atoms with E-state index < -0.39 is 16.1 Å². The number of aromatic nitrogens is 4. The molecule has 7 aromatic carbocycles. The van der Waals surface area contributed by atoms with Crippen molar-refractivity contribution in [1.29, 1.82) is 0 Å². The van der Waals surface area contributed by atoms with Crippen LogP contribution in [0.15, 0.2) is 176 Å². The second-order valence-electron chi connectivity index (χ2n) is 20.7. The van der Waals surface area contributed by atoms with E-state index in [1.807, 2.05) is 112 Å². The minimum atomic E-state index is -1.18. The molecule has 74 heavy (non-hydrogen) atoms. The maximum absolute atomic E-state index is 12.6. The minimum absolute atomic E-state index is 0.140. The van der Waals surface area contributed by atoms with Crippen molar-refractivity contribution in [2.24, 2.45) is 0 Å². The van der Waals surface area contributed by atoms with Gasteiger partial charge in [0.25, 0.3) is 5.91 Å². The van der Waals surface area contributed by atoms with Crippen molar-refractivity contribution in [3.05, 3.63) is 204 Å². The third-order valence-electron chi connectivity index (χ3n) is 12.1. The Hall–Kier alpha value is -7.82. The molecule has 5 N–H and O–H groups in total. The van der Waals surface area contributed by atoms with Crippen LogP contribution in [0.1, 0.15) is 32.9 Å². The van der Waals surface area contributed by atoms with Crippen molar-refractivity contribution in [3.63, 3.8) is 0 Å². The van der Waals surface area contributed by atoms with Crippen LogP contribution in [-0.4, -0.2) is 54.8 Å². The summed E-state index contributed by atoms with van der Waals surface area (Å²) in [6.45, 7) is 16.5. The van der Waals surface area contributed by atoms with E-state index in [0.717, 1.165) is 104 Å². The molecule has 0 fully saturated rings. The lowest BCUT2D eigenvalue weighted by molar-refractivity contribution is 0.0815. The van der Waals surface area contributed by atoms with Gasteiger partial charge in [-0.05, 0) is 120 Å². The van der Waals surface area contributed by atoms with Gasteiger partial charge in [-0.3, -0.25) is 4.79 Å². The summed E-state index contributed by atoms with van der Waals surface area (Å²) in [5.41, 5.74) is 17.9. The summed E-state index contributed by atoms with van der Waals surface area (Å²) in [5, 5.41) is 21.8. The molecule has 1 amide bonds. The summed E-state index contributed by atoms with van der Waals surface area (Å²) in [7, 11) is -2.32. The fraction of sp³-hybridized carbons (Fsp3) is 0.197. The van der Waals surface area contributed by atoms with E-state index in [1.165, 1.54) is 0 Å². The molecule has 11 nitrogen and oxygen atoms in total. The van der Waals surface area contributed by atoms with Gasteiger partial charge in [0.05, 0.1) is 22.4 Å². The fourth-order valence-corrected chi connectivity index (χ4v) is 9.47. The van der Waals surface area contributed by atoms with Crippen LogP contribution < -0.4 is 21.7 Å². The first-order valence-electron chi connectivity index (χ1n) is 25.2. The molecule has 2 aromatic heterocycles. The average molecular weight is 1020 g/mol. The Balaban J connectivity index is 0.000000202. The number of anilines is 6. The summed E-state index contributed by atoms with van der Waals surface area (Å²) < 4.78 is 16.0. The van der Waals surface area contributed by atoms with Crippen LogP contribution in [0.2, 0.25) is 51.4 Å². The topological polar surface area (TPSA) is 133 Å². The molecular formula is C61H68N8O3Si2. The number of nitrogens with zero attached hydrogens (tertiary/aromatic N) is 4. The molecule has 0 aliphatic carbocycles. The van der Waals surface area contributed by atoms with Crippen LogP contribution >= 0.6 is 0 Å². The van der Waals surface area contributed by atoms with Crippen molar-refractivity contribution in [2.45, 2.75) is 64.8 Å². The molecule has 0 saturated carbocycles. The zero-order valence-electron chi connectivity index (χ0n) is 43.4. The summed E-state index contributed by atoms with van der Waals surface area (Å²) in [6.07, 6.45) is 8.31. The lowest BCUT2D eigenvalue weighted by Gasteiger charge is -2.15. The zero-order chi connectivity index (χ0) is 51.9. The maximum Gasteiger partial charge on any atom is 0.255 e. The number of rotatable bonds is 20. The average Bonchev–Trinajstić information content (AvgIpc) is 3.92. The Bertz CT molecular complexity index is 3320. The highest BCUT2D eigenvalue weighted by atomic mass is 28.3. The van der Waals surface area contributed by atoms with E-state index in [1.54, 1.807) is 12.1 Å². The smallest absolute Gasteiger partial charge is 0.255 e. The molecule has 0 atom stereocenters. The second kappa shape index (κ2) is 24.7. The summed E-state index contributed by atoms with van der Waals surface area (Å²) in [6, 6.07) is 60.0. The van der Waals surface area contributed by atoms with Crippen LogP contribution in [0.5, 0.6) is 0 Å². The number of hydrogen-bond donors (Lipinski definition) is 4. The van der Waals surface area contributed by atoms with Gasteiger partial charge in [-0.25, -0.2) is 9.36 Å². The highest BCUT2D eigenvalue weighted by Crippen LogP contribution is 2.29. The Morgan fingerprint density at radius 3 is 1.41 bits per heavy atom. The van der Waals surface area contributed by atoms with Gasteiger partial charge in [0.15, 0.2) is 0 Å². The highest BCUT2D eigenvalue weighted by molar-refractivity contribution is 6.76. The number of carbonyl (C=O) groups is 1. The first-order valence-corrected chi connectivity index (χ1v) is 32.6. The van der Waals surface area contributed by atoms with E-state index in [9.17, 15) is 4.79 Å². The lowest BCUT2D eigenvalue weighted by atomic mass is 10.1. The van der Waals surface area contributed by atoms with Gasteiger partial charge < -0.3 is 31.2 Å². The Kier molecular flexibility index (Phi) is 17.6. The summed E-state index contributed by atoms with van der Waals surface area (Å²) >= 11 is 0. The molecule has 9 rings (SSSR count). The third-order valence-corrected chi connectivity index (χ3v) is 15.5. The van der Waals surface area contributed by atoms with Gasteiger partial charge in [0.2, 0.25) is 0 Å². The SMILES string of the molecule is C[Si](C)(C)CCOCn1nc(/C=C/c2ccccc2)c2ccc(Nc3cccc(N)c3)cc21.C[Si](C)(C)CCOCn1nc(/C=C/c2ccccc2)c2ccc(Nc3cccc(NC(=O)c4ccccc4)c3)cc21. The normalized spacial score (nSPS) is 11.8. The number of fused-ring (bicyclic) bond motifs is 2. The van der Waals surface area contributed by atoms with Gasteiger partial charge in [0, 0.05) is 79.8 Å². The molecule has 0 bridgehead atoms. The number of nitrogens with two attached hydrogens (primary N) is 1. The monoisotopic (exact) mass is 1020 g/mol. The molecule has 13 heteroatoms. The van der Waals surface area contributed by atoms with Crippen molar-refractivity contribution in [3.8, 4) is 0 Å². The number of nitrogen functional groups attached to an aromatic ring is 1. The highest BCUT2D eigenvalue weighted by Gasteiger charge is 2.16. The van der Waals surface area contributed by atoms with Gasteiger partial charge in [-0.1, -0.05) is 142 Å². The molecule has 9 aromatic rings. The standard InChI is InChI=1S/C34H36N4O2Si.C27H32N4OSi/c1-41(2,3)22-21-40-25-38-33-24-30(18-19-31(33)32(37-38)20-17-26-11-6-4-7-12-26)35-28-15-10-16-29(23-28)36-34(39)27-13-8-5-9-14-27;1-33(2,3)17-16-32-20-31-27-19-24(29-23-11-7-10-22(28)18-23)13-14-25(27)26(30-31)15-12-21-8-5-4-6-9-21/h4-20,23-24,35H,21-22,25H2,1-3H3,(H,36,39);4-15,18-19,29H,16-17,20,28H2,1-3H3/b20-17+;15-12+. The number of ether oxygens (including phenoxy) is 2. The molecule has 0 saturated heterocycles. The predicted molar refractivity (Wildman–Crippen MR) is 317 cm³/mol. The van der Waals surface area contributed by atoms with Crippen LogP contribution in [0, 0.1) is 0 Å². The molecule has 2 heterocycles. The quantitative estimate of drug-likeness (QED) is 0.0337. The van der Waals surface area contributed by atoms with E-state index in [2.05, 4.69) is 140 Å². The number of carbonyl (C=O) groups excluding carboxylic acids is 1. The Morgan fingerprint density at radius 2 is 0.932 bits per heavy atom. The largest absolute Gasteiger partial charge is 0.399 e. The molecule has 0 aliphatic rings. The Morgan fingerprint density at radius 1 is 0.500 bits per heavy atom. The lowest BCUT2D eigenvalue weighted by Crippen LogP contribution is -2.22. The third kappa shape index (κ3) is 15.6. The molecule has 0 radical (unpaired) electrons. The fourth-order valence-electron chi connectivity index (χ4n) is 7.95. The predicted octanol–water partition coefficient (Wildman–Crippen LogP) is 15.4. The first kappa shape index (κ1) is 52.5. The molecule has 378 valence electrons. The number of nitrogens with one attached hydrogen (secondary N) is 3. The van der Waals surface area contributed by atoms with E-state index in [4.69, 9.17) is 25.4 Å². The van der Waals surface area contributed by atoms with Gasteiger partial charge in [-0.15, -0.1) is 0 Å².